The van der Waals surface area contributed by atoms with Gasteiger partial charge in [0.25, 0.3) is 0 Å². The van der Waals surface area contributed by atoms with Crippen molar-refractivity contribution in [2.45, 2.75) is 39.5 Å². The predicted molar refractivity (Wildman–Crippen MR) is 77.7 cm³/mol. The van der Waals surface area contributed by atoms with Gasteiger partial charge in [-0.3, -0.25) is 9.59 Å². The van der Waals surface area contributed by atoms with Gasteiger partial charge in [-0.1, -0.05) is 44.2 Å². The SMILES string of the molecule is CC1(C)CC(=O)C(CCC(=O)c2ccccc2)=C(O)C1. The minimum Gasteiger partial charge on any atom is -0.512 e. The van der Waals surface area contributed by atoms with Crippen LogP contribution in [0, 0.1) is 5.41 Å². The maximum absolute atomic E-state index is 12.0. The van der Waals surface area contributed by atoms with E-state index in [-0.39, 0.29) is 29.2 Å². The van der Waals surface area contributed by atoms with Crippen molar-refractivity contribution in [1.29, 1.82) is 0 Å². The molecule has 0 unspecified atom stereocenters. The zero-order valence-corrected chi connectivity index (χ0v) is 12.0. The quantitative estimate of drug-likeness (QED) is 0.847. The van der Waals surface area contributed by atoms with Crippen molar-refractivity contribution >= 4 is 11.6 Å². The topological polar surface area (TPSA) is 54.4 Å². The molecule has 1 N–H and O–H groups in total. The molecule has 1 aromatic carbocycles. The first-order valence-electron chi connectivity index (χ1n) is 6.91. The van der Waals surface area contributed by atoms with Crippen LogP contribution in [-0.2, 0) is 4.79 Å². The predicted octanol–water partition coefficient (Wildman–Crippen LogP) is 3.85. The molecule has 0 spiro atoms. The summed E-state index contributed by atoms with van der Waals surface area (Å²) in [5, 5.41) is 10.0. The summed E-state index contributed by atoms with van der Waals surface area (Å²) in [6.07, 6.45) is 1.53. The molecule has 0 amide bonds. The number of allylic oxidation sites excluding steroid dienone is 2. The maximum atomic E-state index is 12.0. The van der Waals surface area contributed by atoms with E-state index in [2.05, 4.69) is 0 Å². The number of ketones is 2. The fraction of sp³-hybridized carbons (Fsp3) is 0.412. The second-order valence-corrected chi connectivity index (χ2v) is 6.16. The lowest BCUT2D eigenvalue weighted by atomic mass is 9.75. The second-order valence-electron chi connectivity index (χ2n) is 6.16. The summed E-state index contributed by atoms with van der Waals surface area (Å²) in [5.74, 6) is 0.134. The van der Waals surface area contributed by atoms with Crippen molar-refractivity contribution in [2.75, 3.05) is 0 Å². The normalized spacial score (nSPS) is 18.2. The molecule has 3 heteroatoms. The van der Waals surface area contributed by atoms with Gasteiger partial charge in [0.2, 0.25) is 0 Å². The molecule has 20 heavy (non-hydrogen) atoms. The highest BCUT2D eigenvalue weighted by molar-refractivity contribution is 6.00. The Hall–Kier alpha value is -1.90. The van der Waals surface area contributed by atoms with Gasteiger partial charge in [-0.05, 0) is 11.8 Å². The fourth-order valence-electron chi connectivity index (χ4n) is 2.62. The zero-order valence-electron chi connectivity index (χ0n) is 12.0. The zero-order chi connectivity index (χ0) is 14.8. The number of aliphatic hydroxyl groups excluding tert-OH is 1. The highest BCUT2D eigenvalue weighted by Crippen LogP contribution is 2.37. The first-order valence-corrected chi connectivity index (χ1v) is 6.91. The summed E-state index contributed by atoms with van der Waals surface area (Å²) in [6.45, 7) is 3.93. The smallest absolute Gasteiger partial charge is 0.163 e. The molecular formula is C17H20O3. The minimum atomic E-state index is -0.186. The third-order valence-electron chi connectivity index (χ3n) is 3.67. The van der Waals surface area contributed by atoms with Crippen LogP contribution in [0.1, 0.15) is 49.9 Å². The Labute approximate surface area is 119 Å². The van der Waals surface area contributed by atoms with E-state index in [1.807, 2.05) is 32.0 Å². The lowest BCUT2D eigenvalue weighted by Gasteiger charge is -2.29. The number of benzene rings is 1. The Morgan fingerprint density at radius 1 is 1.20 bits per heavy atom. The van der Waals surface area contributed by atoms with Crippen molar-refractivity contribution in [3.8, 4) is 0 Å². The van der Waals surface area contributed by atoms with E-state index in [0.29, 0.717) is 30.4 Å². The molecule has 2 rings (SSSR count). The van der Waals surface area contributed by atoms with Gasteiger partial charge in [0.1, 0.15) is 0 Å². The third kappa shape index (κ3) is 3.35. The number of hydrogen-bond donors (Lipinski definition) is 1. The van der Waals surface area contributed by atoms with Crippen LogP contribution >= 0.6 is 0 Å². The Balaban J connectivity index is 2.04. The van der Waals surface area contributed by atoms with Crippen molar-refractivity contribution in [1.82, 2.24) is 0 Å². The number of carbonyl (C=O) groups excluding carboxylic acids is 2. The summed E-state index contributed by atoms with van der Waals surface area (Å²) in [6, 6.07) is 9.03. The molecule has 3 nitrogen and oxygen atoms in total. The van der Waals surface area contributed by atoms with Crippen LogP contribution in [0.4, 0.5) is 0 Å². The molecule has 1 aromatic rings. The van der Waals surface area contributed by atoms with Crippen molar-refractivity contribution in [3.63, 3.8) is 0 Å². The molecule has 0 bridgehead atoms. The van der Waals surface area contributed by atoms with Gasteiger partial charge in [-0.2, -0.15) is 0 Å². The van der Waals surface area contributed by atoms with E-state index in [4.69, 9.17) is 0 Å². The van der Waals surface area contributed by atoms with Gasteiger partial charge in [0.15, 0.2) is 11.6 Å². The average Bonchev–Trinajstić information content (AvgIpc) is 2.37. The van der Waals surface area contributed by atoms with E-state index < -0.39 is 0 Å². The number of aliphatic hydroxyl groups is 1. The Morgan fingerprint density at radius 3 is 2.45 bits per heavy atom. The molecule has 0 saturated carbocycles. The first-order chi connectivity index (χ1) is 9.39. The van der Waals surface area contributed by atoms with E-state index >= 15 is 0 Å². The standard InChI is InChI=1S/C17H20O3/c1-17(2)10-15(19)13(16(20)11-17)8-9-14(18)12-6-4-3-5-7-12/h3-7,19H,8-11H2,1-2H3. The van der Waals surface area contributed by atoms with E-state index in [1.165, 1.54) is 0 Å². The highest BCUT2D eigenvalue weighted by Gasteiger charge is 2.32. The van der Waals surface area contributed by atoms with E-state index in [9.17, 15) is 14.7 Å². The largest absolute Gasteiger partial charge is 0.512 e. The highest BCUT2D eigenvalue weighted by atomic mass is 16.3. The van der Waals surface area contributed by atoms with Crippen molar-refractivity contribution in [2.24, 2.45) is 5.41 Å². The monoisotopic (exact) mass is 272 g/mol. The van der Waals surface area contributed by atoms with Gasteiger partial charge in [0.05, 0.1) is 5.76 Å². The Morgan fingerprint density at radius 2 is 1.85 bits per heavy atom. The van der Waals surface area contributed by atoms with E-state index in [1.54, 1.807) is 12.1 Å². The van der Waals surface area contributed by atoms with Crippen molar-refractivity contribution < 1.29 is 14.7 Å². The van der Waals surface area contributed by atoms with Gasteiger partial charge in [-0.25, -0.2) is 0 Å². The summed E-state index contributed by atoms with van der Waals surface area (Å²) in [7, 11) is 0. The van der Waals surface area contributed by atoms with Crippen LogP contribution in [0.3, 0.4) is 0 Å². The fourth-order valence-corrected chi connectivity index (χ4v) is 2.62. The maximum Gasteiger partial charge on any atom is 0.163 e. The Bertz CT molecular complexity index is 553. The van der Waals surface area contributed by atoms with Crippen LogP contribution in [0.15, 0.2) is 41.7 Å². The summed E-state index contributed by atoms with van der Waals surface area (Å²) in [4.78, 5) is 24.1. The van der Waals surface area contributed by atoms with Crippen molar-refractivity contribution in [3.05, 3.63) is 47.2 Å². The molecule has 0 fully saturated rings. The number of rotatable bonds is 4. The van der Waals surface area contributed by atoms with Gasteiger partial charge >= 0.3 is 0 Å². The molecular weight excluding hydrogens is 252 g/mol. The number of Topliss-reactive ketones (excluding diaryl/α,β-unsaturated/α-hetero) is 2. The molecule has 0 saturated heterocycles. The molecule has 0 aliphatic heterocycles. The molecule has 1 aliphatic carbocycles. The average molecular weight is 272 g/mol. The third-order valence-corrected chi connectivity index (χ3v) is 3.67. The number of carbonyl (C=O) groups is 2. The second kappa shape index (κ2) is 5.61. The summed E-state index contributed by atoms with van der Waals surface area (Å²) in [5.41, 5.74) is 0.901. The van der Waals surface area contributed by atoms with Crippen LogP contribution in [0.5, 0.6) is 0 Å². The number of hydrogen-bond acceptors (Lipinski definition) is 3. The van der Waals surface area contributed by atoms with Crippen LogP contribution in [0.2, 0.25) is 0 Å². The van der Waals surface area contributed by atoms with Gasteiger partial charge in [0, 0.05) is 30.4 Å². The Kier molecular flexibility index (Phi) is 4.07. The van der Waals surface area contributed by atoms with Gasteiger partial charge in [-0.15, -0.1) is 0 Å². The molecule has 0 heterocycles. The van der Waals surface area contributed by atoms with Crippen LogP contribution < -0.4 is 0 Å². The molecule has 0 aromatic heterocycles. The molecule has 0 radical (unpaired) electrons. The molecule has 1 aliphatic rings. The first kappa shape index (κ1) is 14.5. The summed E-state index contributed by atoms with van der Waals surface area (Å²) < 4.78 is 0. The van der Waals surface area contributed by atoms with E-state index in [0.717, 1.165) is 0 Å². The lowest BCUT2D eigenvalue weighted by Crippen LogP contribution is -2.26. The summed E-state index contributed by atoms with van der Waals surface area (Å²) >= 11 is 0. The van der Waals surface area contributed by atoms with Gasteiger partial charge < -0.3 is 5.11 Å². The van der Waals surface area contributed by atoms with Crippen LogP contribution in [-0.4, -0.2) is 16.7 Å². The molecule has 0 atom stereocenters. The molecule has 106 valence electrons. The lowest BCUT2D eigenvalue weighted by molar-refractivity contribution is -0.118. The van der Waals surface area contributed by atoms with Crippen LogP contribution in [0.25, 0.3) is 0 Å². The minimum absolute atomic E-state index is 0.00327.